The topological polar surface area (TPSA) is 28.5 Å². The Morgan fingerprint density at radius 1 is 0.828 bits per heavy atom. The first-order valence-electron chi connectivity index (χ1n) is 10.4. The number of likely N-dealkylation sites (tertiary alicyclic amines) is 1. The molecule has 2 saturated heterocycles. The molecule has 4 nitrogen and oxygen atoms in total. The minimum atomic E-state index is 0.00331. The number of hydrogen-bond donors (Lipinski definition) is 0. The molecule has 148 valence electrons. The molecular formula is C25H27N3O. The molecular weight excluding hydrogens is 358 g/mol. The zero-order chi connectivity index (χ0) is 20.0. The van der Waals surface area contributed by atoms with Gasteiger partial charge in [0.1, 0.15) is 0 Å². The van der Waals surface area contributed by atoms with E-state index in [2.05, 4.69) is 53.2 Å². The van der Waals surface area contributed by atoms with Crippen molar-refractivity contribution >= 4 is 5.69 Å². The summed E-state index contributed by atoms with van der Waals surface area (Å²) in [6.45, 7) is 5.53. The lowest BCUT2D eigenvalue weighted by atomic mass is 10.0. The summed E-state index contributed by atoms with van der Waals surface area (Å²) in [7, 11) is 2.23. The van der Waals surface area contributed by atoms with Gasteiger partial charge in [-0.3, -0.25) is 9.36 Å². The number of rotatable bonds is 3. The maximum atomic E-state index is 12.2. The van der Waals surface area contributed by atoms with Gasteiger partial charge in [-0.25, -0.2) is 0 Å². The Kier molecular flexibility index (Phi) is 4.51. The van der Waals surface area contributed by atoms with Gasteiger partial charge in [-0.1, -0.05) is 30.3 Å². The summed E-state index contributed by atoms with van der Waals surface area (Å²) in [6.07, 6.45) is 1.30. The Morgan fingerprint density at radius 2 is 1.48 bits per heavy atom. The molecule has 0 radical (unpaired) electrons. The molecule has 0 bridgehead atoms. The van der Waals surface area contributed by atoms with Gasteiger partial charge in [0, 0.05) is 48.8 Å². The first kappa shape index (κ1) is 18.2. The van der Waals surface area contributed by atoms with E-state index in [-0.39, 0.29) is 5.56 Å². The van der Waals surface area contributed by atoms with Gasteiger partial charge in [0.2, 0.25) is 0 Å². The van der Waals surface area contributed by atoms with Gasteiger partial charge in [-0.15, -0.1) is 0 Å². The second-order valence-corrected chi connectivity index (χ2v) is 8.47. The summed E-state index contributed by atoms with van der Waals surface area (Å²) in [5.41, 5.74) is 5.56. The summed E-state index contributed by atoms with van der Waals surface area (Å²) >= 11 is 0. The average Bonchev–Trinajstić information content (AvgIpc) is 3.27. The molecule has 1 aromatic heterocycles. The zero-order valence-electron chi connectivity index (χ0n) is 17.1. The molecule has 2 fully saturated rings. The molecule has 4 heteroatoms. The van der Waals surface area contributed by atoms with E-state index in [9.17, 15) is 4.79 Å². The number of anilines is 1. The smallest absolute Gasteiger partial charge is 0.255 e. The van der Waals surface area contributed by atoms with Gasteiger partial charge >= 0.3 is 0 Å². The minimum absolute atomic E-state index is 0.00331. The maximum absolute atomic E-state index is 12.2. The van der Waals surface area contributed by atoms with Gasteiger partial charge in [0.15, 0.2) is 0 Å². The molecule has 3 aromatic rings. The van der Waals surface area contributed by atoms with Crippen molar-refractivity contribution in [2.75, 3.05) is 31.6 Å². The quantitative estimate of drug-likeness (QED) is 0.683. The van der Waals surface area contributed by atoms with Crippen molar-refractivity contribution in [3.63, 3.8) is 0 Å². The highest BCUT2D eigenvalue weighted by Gasteiger charge is 2.39. The number of aromatic nitrogens is 1. The van der Waals surface area contributed by atoms with E-state index in [0.29, 0.717) is 6.04 Å². The number of nitrogens with zero attached hydrogens (tertiary/aromatic N) is 3. The predicted octanol–water partition coefficient (Wildman–Crippen LogP) is 3.95. The molecule has 0 aliphatic carbocycles. The summed E-state index contributed by atoms with van der Waals surface area (Å²) < 4.78 is 1.75. The molecule has 0 unspecified atom stereocenters. The van der Waals surface area contributed by atoms with Crippen LogP contribution in [0.15, 0.2) is 71.5 Å². The average molecular weight is 386 g/mol. The van der Waals surface area contributed by atoms with E-state index in [0.717, 1.165) is 17.3 Å². The van der Waals surface area contributed by atoms with Crippen LogP contribution in [-0.2, 0) is 0 Å². The van der Waals surface area contributed by atoms with Crippen molar-refractivity contribution in [2.24, 2.45) is 5.92 Å². The Morgan fingerprint density at radius 3 is 2.14 bits per heavy atom. The first-order chi connectivity index (χ1) is 14.1. The molecule has 2 aliphatic rings. The summed E-state index contributed by atoms with van der Waals surface area (Å²) in [6, 6.07) is 23.2. The second kappa shape index (κ2) is 7.20. The number of likely N-dealkylation sites (N-methyl/N-ethyl adjacent to an activating group) is 1. The van der Waals surface area contributed by atoms with Crippen molar-refractivity contribution in [3.05, 3.63) is 82.8 Å². The number of fused-ring (bicyclic) bond motifs is 1. The van der Waals surface area contributed by atoms with E-state index in [4.69, 9.17) is 0 Å². The van der Waals surface area contributed by atoms with Crippen LogP contribution in [0.5, 0.6) is 0 Å². The van der Waals surface area contributed by atoms with E-state index >= 15 is 0 Å². The molecule has 3 heterocycles. The highest BCUT2D eigenvalue weighted by atomic mass is 16.1. The van der Waals surface area contributed by atoms with E-state index in [1.54, 1.807) is 16.7 Å². The van der Waals surface area contributed by atoms with Crippen LogP contribution in [0, 0.1) is 12.8 Å². The number of pyridine rings is 1. The first-order valence-corrected chi connectivity index (χ1v) is 10.4. The molecule has 2 aromatic carbocycles. The van der Waals surface area contributed by atoms with Crippen LogP contribution in [0.3, 0.4) is 0 Å². The molecule has 2 atom stereocenters. The summed E-state index contributed by atoms with van der Waals surface area (Å²) in [5.74, 6) is 0.817. The Hall–Kier alpha value is -2.85. The fraction of sp³-hybridized carbons (Fsp3) is 0.320. The lowest BCUT2D eigenvalue weighted by Gasteiger charge is -2.26. The normalized spacial score (nSPS) is 21.5. The van der Waals surface area contributed by atoms with Gasteiger partial charge in [-0.2, -0.15) is 0 Å². The molecule has 5 rings (SSSR count). The van der Waals surface area contributed by atoms with Gasteiger partial charge in [-0.05, 0) is 67.8 Å². The lowest BCUT2D eigenvalue weighted by molar-refractivity contribution is 0.386. The lowest BCUT2D eigenvalue weighted by Crippen LogP contribution is -2.34. The van der Waals surface area contributed by atoms with Gasteiger partial charge in [0.25, 0.3) is 5.56 Å². The zero-order valence-corrected chi connectivity index (χ0v) is 17.1. The largest absolute Gasteiger partial charge is 0.367 e. The molecule has 2 aliphatic heterocycles. The Bertz CT molecular complexity index is 1070. The fourth-order valence-corrected chi connectivity index (χ4v) is 5.06. The van der Waals surface area contributed by atoms with Crippen LogP contribution >= 0.6 is 0 Å². The van der Waals surface area contributed by atoms with Crippen LogP contribution in [-0.4, -0.2) is 42.2 Å². The number of hydrogen-bond acceptors (Lipinski definition) is 3. The van der Waals surface area contributed by atoms with Crippen molar-refractivity contribution in [3.8, 4) is 16.8 Å². The van der Waals surface area contributed by atoms with Crippen LogP contribution < -0.4 is 10.5 Å². The van der Waals surface area contributed by atoms with Crippen molar-refractivity contribution < 1.29 is 0 Å². The summed E-state index contributed by atoms with van der Waals surface area (Å²) in [5, 5.41) is 0. The van der Waals surface area contributed by atoms with Crippen molar-refractivity contribution in [1.82, 2.24) is 9.47 Å². The van der Waals surface area contributed by atoms with Crippen molar-refractivity contribution in [2.45, 2.75) is 19.4 Å². The van der Waals surface area contributed by atoms with Crippen LogP contribution in [0.25, 0.3) is 16.8 Å². The molecule has 0 spiro atoms. The van der Waals surface area contributed by atoms with E-state index in [1.807, 2.05) is 25.1 Å². The molecule has 0 saturated carbocycles. The standard InChI is InChI=1S/C25H27N3O/c1-18-4-3-5-25(29)28(18)23-12-8-20(9-13-23)19-6-10-22(11-7-19)27-15-14-21-16-26(2)17-24(21)27/h3-13,21,24H,14-17H2,1-2H3/t21-,24+/m1/s1. The highest BCUT2D eigenvalue weighted by Crippen LogP contribution is 2.35. The SMILES string of the molecule is Cc1cccc(=O)n1-c1ccc(-c2ccc(N3CC[C@@H]4CN(C)C[C@@H]43)cc2)cc1. The predicted molar refractivity (Wildman–Crippen MR) is 119 cm³/mol. The van der Waals surface area contributed by atoms with Gasteiger partial charge in [0.05, 0.1) is 0 Å². The second-order valence-electron chi connectivity index (χ2n) is 8.47. The fourth-order valence-electron chi connectivity index (χ4n) is 5.06. The van der Waals surface area contributed by atoms with Gasteiger partial charge < -0.3 is 9.80 Å². The van der Waals surface area contributed by atoms with Crippen LogP contribution in [0.4, 0.5) is 5.69 Å². The van der Waals surface area contributed by atoms with Crippen LogP contribution in [0.1, 0.15) is 12.1 Å². The number of benzene rings is 2. The highest BCUT2D eigenvalue weighted by molar-refractivity contribution is 5.67. The number of aryl methyl sites for hydroxylation is 1. The monoisotopic (exact) mass is 385 g/mol. The third-order valence-electron chi connectivity index (χ3n) is 6.54. The Balaban J connectivity index is 1.37. The van der Waals surface area contributed by atoms with E-state index < -0.39 is 0 Å². The Labute approximate surface area is 172 Å². The van der Waals surface area contributed by atoms with E-state index in [1.165, 1.54) is 42.9 Å². The molecule has 29 heavy (non-hydrogen) atoms. The third-order valence-corrected chi connectivity index (χ3v) is 6.54. The molecule has 0 amide bonds. The van der Waals surface area contributed by atoms with Crippen molar-refractivity contribution in [1.29, 1.82) is 0 Å². The third kappa shape index (κ3) is 3.28. The maximum Gasteiger partial charge on any atom is 0.255 e. The molecule has 0 N–H and O–H groups in total. The van der Waals surface area contributed by atoms with Crippen LogP contribution in [0.2, 0.25) is 0 Å². The minimum Gasteiger partial charge on any atom is -0.367 e. The summed E-state index contributed by atoms with van der Waals surface area (Å²) in [4.78, 5) is 17.3.